The summed E-state index contributed by atoms with van der Waals surface area (Å²) in [6.45, 7) is -0.123. The average Bonchev–Trinajstić information content (AvgIpc) is 3.23. The number of fused-ring (bicyclic) bond motifs is 4. The molecule has 0 unspecified atom stereocenters. The maximum absolute atomic E-state index is 12.9. The van der Waals surface area contributed by atoms with E-state index in [-0.39, 0.29) is 43.5 Å². The summed E-state index contributed by atoms with van der Waals surface area (Å²) in [5.74, 6) is -1.25. The molecule has 6 rings (SSSR count). The summed E-state index contributed by atoms with van der Waals surface area (Å²) in [6, 6.07) is 16.2. The minimum atomic E-state index is -1.84. The largest absolute Gasteiger partial charge is 0.479 e. The van der Waals surface area contributed by atoms with Crippen LogP contribution in [0.5, 0.6) is 0 Å². The Morgan fingerprint density at radius 1 is 1.00 bits per heavy atom. The van der Waals surface area contributed by atoms with Crippen molar-refractivity contribution in [2.45, 2.75) is 36.8 Å². The van der Waals surface area contributed by atoms with E-state index in [0.29, 0.717) is 12.8 Å². The fraction of sp³-hybridized carbons (Fsp3) is 0.423. The van der Waals surface area contributed by atoms with Gasteiger partial charge >= 0.3 is 12.1 Å². The van der Waals surface area contributed by atoms with Crippen molar-refractivity contribution in [3.05, 3.63) is 59.7 Å². The summed E-state index contributed by atoms with van der Waals surface area (Å²) < 4.78 is 5.63. The fourth-order valence-corrected chi connectivity index (χ4v) is 6.25. The van der Waals surface area contributed by atoms with Gasteiger partial charge in [0.2, 0.25) is 5.91 Å². The highest BCUT2D eigenvalue weighted by molar-refractivity contribution is 5.91. The van der Waals surface area contributed by atoms with Gasteiger partial charge in [0.15, 0.2) is 5.60 Å². The van der Waals surface area contributed by atoms with Crippen molar-refractivity contribution >= 4 is 18.0 Å². The van der Waals surface area contributed by atoms with E-state index in [1.54, 1.807) is 0 Å². The second-order valence-electron chi connectivity index (χ2n) is 10.2. The molecular formula is C26H26N2O6. The molecule has 176 valence electrons. The Bertz CT molecular complexity index is 1160. The molecule has 2 aromatic rings. The van der Waals surface area contributed by atoms with Gasteiger partial charge in [0.25, 0.3) is 0 Å². The van der Waals surface area contributed by atoms with Gasteiger partial charge in [-0.2, -0.15) is 0 Å². The van der Waals surface area contributed by atoms with Gasteiger partial charge in [-0.3, -0.25) is 4.79 Å². The van der Waals surface area contributed by atoms with E-state index in [0.717, 1.165) is 17.5 Å². The Hall–Kier alpha value is -3.39. The Labute approximate surface area is 196 Å². The van der Waals surface area contributed by atoms with Gasteiger partial charge in [0, 0.05) is 12.0 Å². The molecule has 1 saturated heterocycles. The molecule has 8 heteroatoms. The number of β-amino-alcohol motifs (C(OH)–C–C–N with tert-alkyl or cyclic N) is 1. The molecule has 2 aromatic carbocycles. The predicted octanol–water partition coefficient (Wildman–Crippen LogP) is 2.35. The van der Waals surface area contributed by atoms with Gasteiger partial charge in [0.05, 0.1) is 18.5 Å². The van der Waals surface area contributed by atoms with Crippen LogP contribution < -0.4 is 5.32 Å². The molecular weight excluding hydrogens is 436 g/mol. The summed E-state index contributed by atoms with van der Waals surface area (Å²) >= 11 is 0. The number of nitrogens with zero attached hydrogens (tertiary/aromatic N) is 1. The molecule has 2 amide bonds. The zero-order chi connectivity index (χ0) is 23.7. The van der Waals surface area contributed by atoms with Crippen LogP contribution in [0.25, 0.3) is 11.1 Å². The highest BCUT2D eigenvalue weighted by Gasteiger charge is 2.68. The number of likely N-dealkylation sites (tertiary alicyclic amines) is 1. The number of carbonyl (C=O) groups excluding carboxylic acids is 2. The van der Waals surface area contributed by atoms with Gasteiger partial charge in [0.1, 0.15) is 6.61 Å². The Kier molecular flexibility index (Phi) is 4.55. The van der Waals surface area contributed by atoms with Crippen LogP contribution in [-0.4, -0.2) is 64.4 Å². The summed E-state index contributed by atoms with van der Waals surface area (Å²) in [5.41, 5.74) is 2.27. The number of carboxylic acids is 1. The first-order valence-corrected chi connectivity index (χ1v) is 11.7. The zero-order valence-electron chi connectivity index (χ0n) is 18.6. The van der Waals surface area contributed by atoms with Gasteiger partial charge in [-0.1, -0.05) is 48.5 Å². The third kappa shape index (κ3) is 3.12. The van der Waals surface area contributed by atoms with Crippen molar-refractivity contribution in [3.63, 3.8) is 0 Å². The number of amides is 2. The molecule has 0 aromatic heterocycles. The molecule has 3 fully saturated rings. The van der Waals surface area contributed by atoms with Gasteiger partial charge < -0.3 is 25.2 Å². The molecule has 0 bridgehead atoms. The van der Waals surface area contributed by atoms with Crippen molar-refractivity contribution in [2.75, 3.05) is 19.7 Å². The lowest BCUT2D eigenvalue weighted by atomic mass is 9.90. The summed E-state index contributed by atoms with van der Waals surface area (Å²) in [4.78, 5) is 38.1. The molecule has 0 spiro atoms. The van der Waals surface area contributed by atoms with E-state index >= 15 is 0 Å². The predicted molar refractivity (Wildman–Crippen MR) is 121 cm³/mol. The molecule has 1 heterocycles. The van der Waals surface area contributed by atoms with Crippen LogP contribution in [0.3, 0.4) is 0 Å². The Morgan fingerprint density at radius 3 is 2.24 bits per heavy atom. The SMILES string of the molecule is O=C(N[C@H]1C[C@@H]2C[C@]2(C(=O)N2CC(O)(C(=O)O)C2)C1)OCC1c2ccccc2-c2ccccc21. The van der Waals surface area contributed by atoms with E-state index in [4.69, 9.17) is 9.84 Å². The molecule has 3 aliphatic carbocycles. The molecule has 2 saturated carbocycles. The van der Waals surface area contributed by atoms with Gasteiger partial charge in [-0.25, -0.2) is 9.59 Å². The minimum Gasteiger partial charge on any atom is -0.479 e. The first kappa shape index (κ1) is 21.2. The number of carbonyl (C=O) groups is 3. The van der Waals surface area contributed by atoms with E-state index in [2.05, 4.69) is 29.6 Å². The lowest BCUT2D eigenvalue weighted by Gasteiger charge is -2.44. The number of alkyl carbamates (subject to hydrolysis) is 1. The highest BCUT2D eigenvalue weighted by Crippen LogP contribution is 2.64. The molecule has 3 N–H and O–H groups in total. The number of hydrogen-bond acceptors (Lipinski definition) is 5. The number of nitrogens with one attached hydrogen (secondary N) is 1. The van der Waals surface area contributed by atoms with Crippen LogP contribution in [0.4, 0.5) is 4.79 Å². The van der Waals surface area contributed by atoms with Crippen LogP contribution in [0.2, 0.25) is 0 Å². The monoisotopic (exact) mass is 462 g/mol. The molecule has 4 aliphatic rings. The van der Waals surface area contributed by atoms with Crippen LogP contribution in [0, 0.1) is 11.3 Å². The van der Waals surface area contributed by atoms with E-state index in [1.165, 1.54) is 16.0 Å². The maximum Gasteiger partial charge on any atom is 0.407 e. The summed E-state index contributed by atoms with van der Waals surface area (Å²) in [5, 5.41) is 21.9. The number of aliphatic carboxylic acids is 1. The van der Waals surface area contributed by atoms with E-state index < -0.39 is 23.1 Å². The zero-order valence-corrected chi connectivity index (χ0v) is 18.6. The fourth-order valence-electron chi connectivity index (χ4n) is 6.25. The quantitative estimate of drug-likeness (QED) is 0.628. The second kappa shape index (κ2) is 7.30. The first-order valence-electron chi connectivity index (χ1n) is 11.7. The first-order chi connectivity index (χ1) is 16.3. The highest BCUT2D eigenvalue weighted by atomic mass is 16.5. The number of carboxylic acid groups (broad SMARTS) is 1. The average molecular weight is 463 g/mol. The lowest BCUT2D eigenvalue weighted by molar-refractivity contribution is -0.184. The minimum absolute atomic E-state index is 0.0116. The van der Waals surface area contributed by atoms with Crippen LogP contribution >= 0.6 is 0 Å². The number of hydrogen-bond donors (Lipinski definition) is 3. The standard InChI is InChI=1S/C26H26N2O6/c29-22(28-13-26(33,14-28)23(30)31)25-10-15(25)9-16(11-25)27-24(32)34-12-21-19-7-3-1-5-17(19)18-6-2-4-8-20(18)21/h1-8,15-16,21,33H,9-14H2,(H,27,32)(H,30,31)/t15-,16+,25+/m1/s1. The van der Waals surface area contributed by atoms with E-state index in [9.17, 15) is 19.5 Å². The molecule has 3 atom stereocenters. The second-order valence-corrected chi connectivity index (χ2v) is 10.2. The molecule has 8 nitrogen and oxygen atoms in total. The lowest BCUT2D eigenvalue weighted by Crippen LogP contribution is -2.68. The van der Waals surface area contributed by atoms with Crippen molar-refractivity contribution in [2.24, 2.45) is 11.3 Å². The van der Waals surface area contributed by atoms with Crippen LogP contribution in [0.1, 0.15) is 36.3 Å². The van der Waals surface area contributed by atoms with Crippen LogP contribution in [0.15, 0.2) is 48.5 Å². The van der Waals surface area contributed by atoms with Crippen molar-refractivity contribution in [1.82, 2.24) is 10.2 Å². The third-order valence-electron chi connectivity index (χ3n) is 8.09. The Balaban J connectivity index is 1.05. The van der Waals surface area contributed by atoms with E-state index in [1.807, 2.05) is 24.3 Å². The van der Waals surface area contributed by atoms with Crippen LogP contribution in [-0.2, 0) is 14.3 Å². The number of ether oxygens (including phenoxy) is 1. The van der Waals surface area contributed by atoms with Gasteiger partial charge in [-0.15, -0.1) is 0 Å². The van der Waals surface area contributed by atoms with Gasteiger partial charge in [-0.05, 0) is 47.4 Å². The van der Waals surface area contributed by atoms with Crippen molar-refractivity contribution < 1.29 is 29.3 Å². The third-order valence-corrected chi connectivity index (χ3v) is 8.09. The molecule has 0 radical (unpaired) electrons. The summed E-state index contributed by atoms with van der Waals surface area (Å²) in [6.07, 6.45) is 1.48. The number of benzene rings is 2. The normalized spacial score (nSPS) is 27.7. The molecule has 34 heavy (non-hydrogen) atoms. The topological polar surface area (TPSA) is 116 Å². The number of rotatable bonds is 5. The van der Waals surface area contributed by atoms with Crippen molar-refractivity contribution in [1.29, 1.82) is 0 Å². The van der Waals surface area contributed by atoms with Crippen molar-refractivity contribution in [3.8, 4) is 11.1 Å². The maximum atomic E-state index is 12.9. The number of aliphatic hydroxyl groups is 1. The Morgan fingerprint density at radius 2 is 1.62 bits per heavy atom. The molecule has 1 aliphatic heterocycles. The summed E-state index contributed by atoms with van der Waals surface area (Å²) in [7, 11) is 0. The smallest absolute Gasteiger partial charge is 0.407 e.